The van der Waals surface area contributed by atoms with Crippen LogP contribution in [0.5, 0.6) is 0 Å². The van der Waals surface area contributed by atoms with Crippen LogP contribution in [-0.4, -0.2) is 31.1 Å². The Labute approximate surface area is 135 Å². The van der Waals surface area contributed by atoms with Gasteiger partial charge in [-0.2, -0.15) is 0 Å². The Morgan fingerprint density at radius 2 is 1.86 bits per heavy atom. The van der Waals surface area contributed by atoms with E-state index in [1.54, 1.807) is 0 Å². The van der Waals surface area contributed by atoms with Gasteiger partial charge in [-0.05, 0) is 30.9 Å². The molecular weight excluding hydrogens is 317 g/mol. The van der Waals surface area contributed by atoms with E-state index in [-0.39, 0.29) is 29.0 Å². The third-order valence-corrected chi connectivity index (χ3v) is 4.81. The summed E-state index contributed by atoms with van der Waals surface area (Å²) in [5.74, 6) is -0.708. The van der Waals surface area contributed by atoms with Gasteiger partial charge < -0.3 is 5.32 Å². The van der Waals surface area contributed by atoms with Crippen LogP contribution < -0.4 is 5.32 Å². The smallest absolute Gasteiger partial charge is 0.149 e. The Kier molecular flexibility index (Phi) is 5.83. The third-order valence-electron chi connectivity index (χ3n) is 4.52. The number of nitrogens with zero attached hydrogens (tertiary/aromatic N) is 1. The minimum atomic E-state index is -0.581. The maximum Gasteiger partial charge on any atom is 0.149 e. The minimum absolute atomic E-state index is 0. The van der Waals surface area contributed by atoms with Crippen LogP contribution in [0.3, 0.4) is 0 Å². The average Bonchev–Trinajstić information content (AvgIpc) is 2.41. The van der Waals surface area contributed by atoms with E-state index < -0.39 is 11.6 Å². The molecule has 0 aromatic heterocycles. The van der Waals surface area contributed by atoms with Gasteiger partial charge in [0.1, 0.15) is 11.6 Å². The molecule has 0 unspecified atom stereocenters. The van der Waals surface area contributed by atoms with E-state index in [0.29, 0.717) is 5.92 Å². The highest BCUT2D eigenvalue weighted by Gasteiger charge is 2.37. The van der Waals surface area contributed by atoms with Gasteiger partial charge in [0, 0.05) is 37.8 Å². The first-order chi connectivity index (χ1) is 9.68. The lowest BCUT2D eigenvalue weighted by Crippen LogP contribution is -2.48. The van der Waals surface area contributed by atoms with Gasteiger partial charge >= 0.3 is 0 Å². The summed E-state index contributed by atoms with van der Waals surface area (Å²) in [5, 5.41) is 3.30. The van der Waals surface area contributed by atoms with Gasteiger partial charge in [0.2, 0.25) is 0 Å². The van der Waals surface area contributed by atoms with Gasteiger partial charge in [-0.1, -0.05) is 18.0 Å². The highest BCUT2D eigenvalue weighted by Crippen LogP contribution is 2.43. The number of hydrogen-bond acceptors (Lipinski definition) is 2. The molecule has 1 aromatic carbocycles. The first-order valence-corrected chi connectivity index (χ1v) is 7.64. The number of hydrogen-bond donors (Lipinski definition) is 1. The molecule has 0 amide bonds. The molecule has 1 saturated heterocycles. The summed E-state index contributed by atoms with van der Waals surface area (Å²) in [6, 6.07) is 2.41. The Hall–Kier alpha value is -0.420. The summed E-state index contributed by atoms with van der Waals surface area (Å²) in [6.45, 7) is 3.39. The largest absolute Gasteiger partial charge is 0.314 e. The molecule has 1 aliphatic heterocycles. The fraction of sp³-hybridized carbons (Fsp3) is 0.600. The van der Waals surface area contributed by atoms with Crippen LogP contribution >= 0.6 is 24.0 Å². The lowest BCUT2D eigenvalue weighted by molar-refractivity contribution is 0.0785. The maximum atomic E-state index is 14.4. The van der Waals surface area contributed by atoms with Crippen LogP contribution in [0.4, 0.5) is 8.78 Å². The van der Waals surface area contributed by atoms with Gasteiger partial charge in [-0.3, -0.25) is 4.90 Å². The summed E-state index contributed by atoms with van der Waals surface area (Å²) in [7, 11) is 0. The zero-order valence-electron chi connectivity index (χ0n) is 11.7. The second-order valence-electron chi connectivity index (χ2n) is 5.68. The Balaban J connectivity index is 0.00000161. The Bertz CT molecular complexity index is 489. The van der Waals surface area contributed by atoms with Crippen LogP contribution in [0.1, 0.15) is 30.9 Å². The molecule has 1 N–H and O–H groups in total. The quantitative estimate of drug-likeness (QED) is 0.845. The number of benzene rings is 1. The fourth-order valence-corrected chi connectivity index (χ4v) is 3.41. The van der Waals surface area contributed by atoms with E-state index in [1.807, 2.05) is 0 Å². The van der Waals surface area contributed by atoms with E-state index >= 15 is 0 Å². The predicted molar refractivity (Wildman–Crippen MR) is 83.1 cm³/mol. The summed E-state index contributed by atoms with van der Waals surface area (Å²) < 4.78 is 28.6. The van der Waals surface area contributed by atoms with Gasteiger partial charge in [-0.25, -0.2) is 8.78 Å². The topological polar surface area (TPSA) is 15.3 Å². The van der Waals surface area contributed by atoms with Crippen molar-refractivity contribution in [2.24, 2.45) is 5.92 Å². The van der Waals surface area contributed by atoms with Gasteiger partial charge in [0.05, 0.1) is 5.02 Å². The van der Waals surface area contributed by atoms with E-state index in [1.165, 1.54) is 12.1 Å². The van der Waals surface area contributed by atoms with Crippen molar-refractivity contribution in [3.05, 3.63) is 34.4 Å². The first kappa shape index (κ1) is 16.9. The van der Waals surface area contributed by atoms with Gasteiger partial charge in [0.15, 0.2) is 0 Å². The minimum Gasteiger partial charge on any atom is -0.314 e. The highest BCUT2D eigenvalue weighted by atomic mass is 35.5. The van der Waals surface area contributed by atoms with Gasteiger partial charge in [0.25, 0.3) is 0 Å². The maximum absolute atomic E-state index is 14.4. The van der Waals surface area contributed by atoms with Crippen LogP contribution in [0.2, 0.25) is 5.02 Å². The normalized spacial score (nSPS) is 21.5. The second kappa shape index (κ2) is 7.23. The molecular formula is C15H20Cl2F2N2. The van der Waals surface area contributed by atoms with Gasteiger partial charge in [-0.15, -0.1) is 12.4 Å². The molecule has 1 saturated carbocycles. The Morgan fingerprint density at radius 1 is 1.19 bits per heavy atom. The van der Waals surface area contributed by atoms with Crippen molar-refractivity contribution < 1.29 is 8.78 Å². The van der Waals surface area contributed by atoms with Crippen LogP contribution in [-0.2, 0) is 0 Å². The summed E-state index contributed by atoms with van der Waals surface area (Å²) in [6.07, 6.45) is 3.23. The monoisotopic (exact) mass is 336 g/mol. The van der Waals surface area contributed by atoms with E-state index in [4.69, 9.17) is 11.6 Å². The zero-order chi connectivity index (χ0) is 14.1. The SMILES string of the molecule is Cl.Fc1ccc(Cl)c(F)c1[C@H](C1CCC1)N1CCNCC1. The molecule has 1 aromatic rings. The van der Waals surface area contributed by atoms with Crippen molar-refractivity contribution >= 4 is 24.0 Å². The lowest BCUT2D eigenvalue weighted by atomic mass is 9.76. The molecule has 1 atom stereocenters. The van der Waals surface area contributed by atoms with Crippen molar-refractivity contribution in [3.8, 4) is 0 Å². The molecule has 2 fully saturated rings. The van der Waals surface area contributed by atoms with Crippen molar-refractivity contribution in [3.63, 3.8) is 0 Å². The van der Waals surface area contributed by atoms with Crippen LogP contribution in [0.15, 0.2) is 12.1 Å². The van der Waals surface area contributed by atoms with Crippen LogP contribution in [0.25, 0.3) is 0 Å². The molecule has 0 spiro atoms. The number of rotatable bonds is 3. The van der Waals surface area contributed by atoms with Crippen molar-refractivity contribution in [1.82, 2.24) is 10.2 Å². The second-order valence-corrected chi connectivity index (χ2v) is 6.09. The standard InChI is InChI=1S/C15H19ClF2N2.ClH/c16-11-4-5-12(17)13(14(11)18)15(10-2-1-3-10)20-8-6-19-7-9-20;/h4-5,10,15,19H,1-3,6-9H2;1H/t15-;/m0./s1. The molecule has 3 rings (SSSR count). The predicted octanol–water partition coefficient (Wildman–Crippen LogP) is 3.79. The van der Waals surface area contributed by atoms with E-state index in [2.05, 4.69) is 10.2 Å². The summed E-state index contributed by atoms with van der Waals surface area (Å²) >= 11 is 5.86. The molecule has 21 heavy (non-hydrogen) atoms. The molecule has 118 valence electrons. The zero-order valence-corrected chi connectivity index (χ0v) is 13.3. The van der Waals surface area contributed by atoms with Crippen molar-refractivity contribution in [2.45, 2.75) is 25.3 Å². The molecule has 0 radical (unpaired) electrons. The number of halogens is 4. The van der Waals surface area contributed by atoms with E-state index in [0.717, 1.165) is 45.4 Å². The first-order valence-electron chi connectivity index (χ1n) is 7.26. The van der Waals surface area contributed by atoms with E-state index in [9.17, 15) is 8.78 Å². The van der Waals surface area contributed by atoms with Crippen molar-refractivity contribution in [1.29, 1.82) is 0 Å². The highest BCUT2D eigenvalue weighted by molar-refractivity contribution is 6.30. The summed E-state index contributed by atoms with van der Waals surface area (Å²) in [4.78, 5) is 2.21. The molecule has 2 nitrogen and oxygen atoms in total. The summed E-state index contributed by atoms with van der Waals surface area (Å²) in [5.41, 5.74) is 0.170. The number of piperazine rings is 1. The number of nitrogens with one attached hydrogen (secondary N) is 1. The molecule has 2 aliphatic rings. The fourth-order valence-electron chi connectivity index (χ4n) is 3.25. The Morgan fingerprint density at radius 3 is 2.43 bits per heavy atom. The van der Waals surface area contributed by atoms with Crippen molar-refractivity contribution in [2.75, 3.05) is 26.2 Å². The lowest BCUT2D eigenvalue weighted by Gasteiger charge is -2.43. The molecule has 1 aliphatic carbocycles. The average molecular weight is 337 g/mol. The molecule has 6 heteroatoms. The third kappa shape index (κ3) is 3.34. The van der Waals surface area contributed by atoms with Crippen LogP contribution in [0, 0.1) is 17.6 Å². The molecule has 1 heterocycles. The molecule has 0 bridgehead atoms.